The zero-order chi connectivity index (χ0) is 16.7. The van der Waals surface area contributed by atoms with Crippen molar-refractivity contribution < 1.29 is 9.52 Å². The Balaban J connectivity index is 1.46. The first-order chi connectivity index (χ1) is 11.6. The molecule has 4 heterocycles. The Morgan fingerprint density at radius 1 is 1.42 bits per heavy atom. The highest BCUT2D eigenvalue weighted by molar-refractivity contribution is 7.99. The van der Waals surface area contributed by atoms with E-state index in [4.69, 9.17) is 4.42 Å². The van der Waals surface area contributed by atoms with Crippen LogP contribution >= 0.6 is 11.8 Å². The molecule has 1 N–H and O–H groups in total. The lowest BCUT2D eigenvalue weighted by Gasteiger charge is -2.35. The minimum atomic E-state index is 0.0890. The third-order valence-electron chi connectivity index (χ3n) is 5.85. The molecule has 2 aromatic heterocycles. The van der Waals surface area contributed by atoms with Crippen LogP contribution in [0.15, 0.2) is 33.1 Å². The third kappa shape index (κ3) is 2.59. The zero-order valence-electron chi connectivity index (χ0n) is 14.2. The van der Waals surface area contributed by atoms with Gasteiger partial charge in [-0.25, -0.2) is 0 Å². The summed E-state index contributed by atoms with van der Waals surface area (Å²) in [6, 6.07) is 5.13. The second-order valence-electron chi connectivity index (χ2n) is 7.04. The van der Waals surface area contributed by atoms with Crippen LogP contribution < -0.4 is 0 Å². The van der Waals surface area contributed by atoms with Crippen LogP contribution in [0.1, 0.15) is 38.4 Å². The molecule has 0 aliphatic carbocycles. The maximum absolute atomic E-state index is 9.93. The standard InChI is InChI=1S/C17H24N4O2S/c1-3-17(10-22)8-12-4-6-14(17)21(12)9-13-5-7-15(23-13)24-16-19-18-11-20(16)2/h5,7,11-12,14,22H,3-4,6,8-10H2,1-2H3/t12-,14+,17-/m0/s1. The number of aliphatic hydroxyl groups is 1. The molecule has 0 spiro atoms. The van der Waals surface area contributed by atoms with Gasteiger partial charge in [0, 0.05) is 24.5 Å². The van der Waals surface area contributed by atoms with Gasteiger partial charge in [-0.1, -0.05) is 6.92 Å². The summed E-state index contributed by atoms with van der Waals surface area (Å²) in [6.45, 7) is 3.33. The Kier molecular flexibility index (Phi) is 4.18. The van der Waals surface area contributed by atoms with Crippen molar-refractivity contribution in [2.45, 2.75) is 61.5 Å². The van der Waals surface area contributed by atoms with Gasteiger partial charge in [0.1, 0.15) is 12.1 Å². The summed E-state index contributed by atoms with van der Waals surface area (Å²) in [5, 5.41) is 19.6. The number of aromatic nitrogens is 3. The first-order valence-corrected chi connectivity index (χ1v) is 9.44. The molecule has 2 fully saturated rings. The summed E-state index contributed by atoms with van der Waals surface area (Å²) in [6.07, 6.45) is 6.29. The highest BCUT2D eigenvalue weighted by atomic mass is 32.2. The molecule has 0 unspecified atom stereocenters. The fourth-order valence-corrected chi connectivity index (χ4v) is 5.20. The molecular formula is C17H24N4O2S. The molecule has 0 amide bonds. The van der Waals surface area contributed by atoms with E-state index in [1.165, 1.54) is 24.6 Å². The largest absolute Gasteiger partial charge is 0.453 e. The number of rotatable bonds is 6. The molecule has 4 rings (SSSR count). The Labute approximate surface area is 146 Å². The monoisotopic (exact) mass is 348 g/mol. The second kappa shape index (κ2) is 6.20. The summed E-state index contributed by atoms with van der Waals surface area (Å²) in [7, 11) is 1.92. The molecule has 2 aliphatic rings. The van der Waals surface area contributed by atoms with Crippen molar-refractivity contribution in [1.29, 1.82) is 0 Å². The lowest BCUT2D eigenvalue weighted by Crippen LogP contribution is -2.39. The molecular weight excluding hydrogens is 324 g/mol. The summed E-state index contributed by atoms with van der Waals surface area (Å²) in [5.74, 6) is 0.987. The van der Waals surface area contributed by atoms with E-state index in [2.05, 4.69) is 28.1 Å². The SMILES string of the molecule is CC[C@@]1(CO)C[C@@H]2CC[C@H]1N2Cc1ccc(Sc2nncn2C)o1. The molecule has 2 aliphatic heterocycles. The van der Waals surface area contributed by atoms with Crippen LogP contribution in [0.4, 0.5) is 0 Å². The van der Waals surface area contributed by atoms with Crippen LogP contribution in [0.25, 0.3) is 0 Å². The highest BCUT2D eigenvalue weighted by Crippen LogP contribution is 2.52. The average Bonchev–Trinajstić information content (AvgIpc) is 3.35. The van der Waals surface area contributed by atoms with E-state index in [1.807, 2.05) is 17.7 Å². The summed E-state index contributed by atoms with van der Waals surface area (Å²) in [5.41, 5.74) is 0.0890. The third-order valence-corrected chi connectivity index (χ3v) is 6.82. The Morgan fingerprint density at radius 3 is 2.96 bits per heavy atom. The van der Waals surface area contributed by atoms with Gasteiger partial charge in [-0.05, 0) is 49.6 Å². The van der Waals surface area contributed by atoms with Crippen molar-refractivity contribution >= 4 is 11.8 Å². The van der Waals surface area contributed by atoms with E-state index in [1.54, 1.807) is 6.33 Å². The van der Waals surface area contributed by atoms with Crippen molar-refractivity contribution in [1.82, 2.24) is 19.7 Å². The highest BCUT2D eigenvalue weighted by Gasteiger charge is 2.54. The van der Waals surface area contributed by atoms with E-state index in [9.17, 15) is 5.11 Å². The molecule has 3 atom stereocenters. The number of fused-ring (bicyclic) bond motifs is 2. The number of furan rings is 1. The van der Waals surface area contributed by atoms with Gasteiger partial charge in [0.15, 0.2) is 10.2 Å². The van der Waals surface area contributed by atoms with Crippen molar-refractivity contribution in [3.05, 3.63) is 24.2 Å². The molecule has 0 aromatic carbocycles. The van der Waals surface area contributed by atoms with Gasteiger partial charge in [0.25, 0.3) is 0 Å². The fraction of sp³-hybridized carbons (Fsp3) is 0.647. The Bertz CT molecular complexity index is 709. The molecule has 0 radical (unpaired) electrons. The number of nitrogens with zero attached hydrogens (tertiary/aromatic N) is 4. The fourth-order valence-electron chi connectivity index (χ4n) is 4.45. The van der Waals surface area contributed by atoms with Gasteiger partial charge in [-0.3, -0.25) is 4.90 Å². The normalized spacial score (nSPS) is 29.6. The van der Waals surface area contributed by atoms with Crippen molar-refractivity contribution in [2.24, 2.45) is 12.5 Å². The number of hydrogen-bond donors (Lipinski definition) is 1. The first-order valence-electron chi connectivity index (χ1n) is 8.62. The topological polar surface area (TPSA) is 67.3 Å². The van der Waals surface area contributed by atoms with Crippen molar-refractivity contribution in [3.63, 3.8) is 0 Å². The molecule has 2 aromatic rings. The Morgan fingerprint density at radius 2 is 2.29 bits per heavy atom. The predicted octanol–water partition coefficient (Wildman–Crippen LogP) is 2.68. The minimum Gasteiger partial charge on any atom is -0.453 e. The van der Waals surface area contributed by atoms with E-state index in [0.29, 0.717) is 18.7 Å². The lowest BCUT2D eigenvalue weighted by molar-refractivity contribution is 0.0695. The summed E-state index contributed by atoms with van der Waals surface area (Å²) >= 11 is 1.49. The van der Waals surface area contributed by atoms with Gasteiger partial charge >= 0.3 is 0 Å². The lowest BCUT2D eigenvalue weighted by atomic mass is 9.72. The van der Waals surface area contributed by atoms with Crippen LogP contribution in [-0.2, 0) is 13.6 Å². The van der Waals surface area contributed by atoms with Crippen molar-refractivity contribution in [2.75, 3.05) is 6.61 Å². The van der Waals surface area contributed by atoms with Crippen LogP contribution in [0.2, 0.25) is 0 Å². The molecule has 2 saturated heterocycles. The molecule has 6 nitrogen and oxygen atoms in total. The number of hydrogen-bond acceptors (Lipinski definition) is 6. The molecule has 2 bridgehead atoms. The number of aryl methyl sites for hydroxylation is 1. The van der Waals surface area contributed by atoms with Crippen LogP contribution in [-0.4, -0.2) is 43.5 Å². The quantitative estimate of drug-likeness (QED) is 0.866. The van der Waals surface area contributed by atoms with Crippen LogP contribution in [0.3, 0.4) is 0 Å². The average molecular weight is 348 g/mol. The van der Waals surface area contributed by atoms with E-state index < -0.39 is 0 Å². The van der Waals surface area contributed by atoms with Crippen LogP contribution in [0.5, 0.6) is 0 Å². The minimum absolute atomic E-state index is 0.0890. The zero-order valence-corrected chi connectivity index (χ0v) is 15.0. The molecule has 7 heteroatoms. The van der Waals surface area contributed by atoms with Gasteiger partial charge < -0.3 is 14.1 Å². The Hall–Kier alpha value is -1.31. The summed E-state index contributed by atoms with van der Waals surface area (Å²) < 4.78 is 7.89. The summed E-state index contributed by atoms with van der Waals surface area (Å²) in [4.78, 5) is 2.55. The maximum atomic E-state index is 9.93. The number of aliphatic hydroxyl groups excluding tert-OH is 1. The van der Waals surface area contributed by atoms with E-state index in [-0.39, 0.29) is 5.41 Å². The van der Waals surface area contributed by atoms with E-state index >= 15 is 0 Å². The molecule has 130 valence electrons. The smallest absolute Gasteiger partial charge is 0.198 e. The van der Waals surface area contributed by atoms with Gasteiger partial charge in [-0.15, -0.1) is 10.2 Å². The van der Waals surface area contributed by atoms with E-state index in [0.717, 1.165) is 35.4 Å². The molecule has 24 heavy (non-hydrogen) atoms. The maximum Gasteiger partial charge on any atom is 0.198 e. The van der Waals surface area contributed by atoms with Crippen molar-refractivity contribution in [3.8, 4) is 0 Å². The molecule has 0 saturated carbocycles. The van der Waals surface area contributed by atoms with Crippen LogP contribution in [0, 0.1) is 5.41 Å². The second-order valence-corrected chi connectivity index (χ2v) is 8.02. The van der Waals surface area contributed by atoms with Gasteiger partial charge in [0.05, 0.1) is 13.2 Å². The van der Waals surface area contributed by atoms with Gasteiger partial charge in [-0.2, -0.15) is 0 Å². The van der Waals surface area contributed by atoms with Gasteiger partial charge in [0.2, 0.25) is 0 Å². The first kappa shape index (κ1) is 16.2. The predicted molar refractivity (Wildman–Crippen MR) is 90.6 cm³/mol.